The molecule has 0 aliphatic heterocycles. The van der Waals surface area contributed by atoms with Crippen molar-refractivity contribution in [1.29, 1.82) is 0 Å². The lowest BCUT2D eigenvalue weighted by Gasteiger charge is -2.16. The molecule has 3 nitrogen and oxygen atoms in total. The number of nitrogens with one attached hydrogen (secondary N) is 1. The molecule has 0 aromatic rings. The minimum Gasteiger partial charge on any atom is -0.465 e. The first-order chi connectivity index (χ1) is 7.76. The number of ether oxygens (including phenoxy) is 1. The second-order valence-corrected chi connectivity index (χ2v) is 3.71. The molecule has 0 saturated heterocycles. The van der Waals surface area contributed by atoms with E-state index in [1.165, 1.54) is 0 Å². The third-order valence-electron chi connectivity index (χ3n) is 2.29. The second kappa shape index (κ2) is 10.5. The lowest BCUT2D eigenvalue weighted by molar-refractivity contribution is -0.145. The summed E-state index contributed by atoms with van der Waals surface area (Å²) in [5.41, 5.74) is 0. The van der Waals surface area contributed by atoms with Crippen LogP contribution in [0.15, 0.2) is 0 Å². The lowest BCUT2D eigenvalue weighted by atomic mass is 10.1. The summed E-state index contributed by atoms with van der Waals surface area (Å²) in [5.74, 6) is 2.47. The van der Waals surface area contributed by atoms with E-state index in [1.54, 1.807) is 0 Å². The standard InChI is InChI=1S/C13H23NO2/c1-4-7-8-9-11-14-12(10-5-2)13(15)16-6-3/h1,12,14H,5-11H2,2-3H3. The van der Waals surface area contributed by atoms with E-state index in [0.717, 1.165) is 38.6 Å². The van der Waals surface area contributed by atoms with E-state index in [0.29, 0.717) is 6.61 Å². The summed E-state index contributed by atoms with van der Waals surface area (Å²) in [6.07, 6.45) is 9.78. The van der Waals surface area contributed by atoms with Crippen molar-refractivity contribution >= 4 is 5.97 Å². The van der Waals surface area contributed by atoms with Crippen LogP contribution >= 0.6 is 0 Å². The van der Waals surface area contributed by atoms with Crippen LogP contribution in [0.25, 0.3) is 0 Å². The van der Waals surface area contributed by atoms with Crippen molar-refractivity contribution in [3.05, 3.63) is 0 Å². The van der Waals surface area contributed by atoms with Crippen molar-refractivity contribution in [2.45, 2.75) is 52.0 Å². The zero-order valence-electron chi connectivity index (χ0n) is 10.4. The number of esters is 1. The largest absolute Gasteiger partial charge is 0.465 e. The van der Waals surface area contributed by atoms with Gasteiger partial charge in [-0.15, -0.1) is 12.3 Å². The van der Waals surface area contributed by atoms with Gasteiger partial charge in [0.25, 0.3) is 0 Å². The molecule has 0 saturated carbocycles. The van der Waals surface area contributed by atoms with E-state index in [4.69, 9.17) is 11.2 Å². The van der Waals surface area contributed by atoms with E-state index >= 15 is 0 Å². The Bertz CT molecular complexity index is 220. The first kappa shape index (κ1) is 15.0. The average molecular weight is 225 g/mol. The smallest absolute Gasteiger partial charge is 0.323 e. The lowest BCUT2D eigenvalue weighted by Crippen LogP contribution is -2.38. The highest BCUT2D eigenvalue weighted by Gasteiger charge is 2.17. The van der Waals surface area contributed by atoms with Crippen molar-refractivity contribution in [3.63, 3.8) is 0 Å². The molecule has 0 fully saturated rings. The zero-order chi connectivity index (χ0) is 12.2. The normalized spacial score (nSPS) is 11.8. The Morgan fingerprint density at radius 2 is 2.19 bits per heavy atom. The fraction of sp³-hybridized carbons (Fsp3) is 0.769. The number of unbranched alkanes of at least 4 members (excludes halogenated alkanes) is 2. The molecule has 0 aliphatic carbocycles. The fourth-order valence-electron chi connectivity index (χ4n) is 1.46. The Balaban J connectivity index is 3.76. The zero-order valence-corrected chi connectivity index (χ0v) is 10.4. The molecular weight excluding hydrogens is 202 g/mol. The molecule has 0 rings (SSSR count). The van der Waals surface area contributed by atoms with Crippen LogP contribution in [0.5, 0.6) is 0 Å². The number of terminal acetylenes is 1. The Hall–Kier alpha value is -1.01. The molecule has 1 unspecified atom stereocenters. The SMILES string of the molecule is C#CCCCCNC(CCC)C(=O)OCC. The van der Waals surface area contributed by atoms with Crippen molar-refractivity contribution in [3.8, 4) is 12.3 Å². The van der Waals surface area contributed by atoms with E-state index in [9.17, 15) is 4.79 Å². The van der Waals surface area contributed by atoms with Crippen LogP contribution in [0.3, 0.4) is 0 Å². The molecule has 92 valence electrons. The third-order valence-corrected chi connectivity index (χ3v) is 2.29. The van der Waals surface area contributed by atoms with Crippen molar-refractivity contribution in [2.24, 2.45) is 0 Å². The molecule has 1 atom stereocenters. The van der Waals surface area contributed by atoms with Gasteiger partial charge in [0.2, 0.25) is 0 Å². The summed E-state index contributed by atoms with van der Waals surface area (Å²) in [7, 11) is 0. The van der Waals surface area contributed by atoms with Crippen molar-refractivity contribution in [1.82, 2.24) is 5.32 Å². The molecule has 0 aliphatic rings. The van der Waals surface area contributed by atoms with Gasteiger partial charge in [-0.05, 0) is 32.7 Å². The van der Waals surface area contributed by atoms with Crippen LogP contribution in [-0.2, 0) is 9.53 Å². The summed E-state index contributed by atoms with van der Waals surface area (Å²) in [5, 5.41) is 3.22. The predicted octanol–water partition coefficient (Wildman–Crippen LogP) is 2.11. The number of carbonyl (C=O) groups is 1. The van der Waals surface area contributed by atoms with Gasteiger partial charge in [-0.3, -0.25) is 4.79 Å². The van der Waals surface area contributed by atoms with Gasteiger partial charge in [0.1, 0.15) is 6.04 Å². The van der Waals surface area contributed by atoms with Gasteiger partial charge in [0.15, 0.2) is 0 Å². The maximum Gasteiger partial charge on any atom is 0.323 e. The molecule has 0 bridgehead atoms. The van der Waals surface area contributed by atoms with Crippen molar-refractivity contribution < 1.29 is 9.53 Å². The second-order valence-electron chi connectivity index (χ2n) is 3.71. The minimum atomic E-state index is -0.157. The highest BCUT2D eigenvalue weighted by molar-refractivity contribution is 5.75. The van der Waals surface area contributed by atoms with Gasteiger partial charge in [-0.25, -0.2) is 0 Å². The Morgan fingerprint density at radius 1 is 1.44 bits per heavy atom. The molecule has 0 aromatic carbocycles. The van der Waals surface area contributed by atoms with Gasteiger partial charge in [0.05, 0.1) is 6.61 Å². The van der Waals surface area contributed by atoms with E-state index in [1.807, 2.05) is 6.92 Å². The highest BCUT2D eigenvalue weighted by Crippen LogP contribution is 2.01. The molecule has 0 amide bonds. The number of rotatable bonds is 9. The Kier molecular flexibility index (Phi) is 9.84. The monoisotopic (exact) mass is 225 g/mol. The molecule has 0 radical (unpaired) electrons. The summed E-state index contributed by atoms with van der Waals surface area (Å²) in [6.45, 7) is 5.16. The molecular formula is C13H23NO2. The third kappa shape index (κ3) is 7.30. The molecule has 16 heavy (non-hydrogen) atoms. The molecule has 0 heterocycles. The quantitative estimate of drug-likeness (QED) is 0.371. The first-order valence-electron chi connectivity index (χ1n) is 6.09. The highest BCUT2D eigenvalue weighted by atomic mass is 16.5. The van der Waals surface area contributed by atoms with Crippen LogP contribution < -0.4 is 5.32 Å². The Morgan fingerprint density at radius 3 is 2.75 bits per heavy atom. The molecule has 0 aromatic heterocycles. The van der Waals surface area contributed by atoms with Gasteiger partial charge in [-0.2, -0.15) is 0 Å². The maximum atomic E-state index is 11.5. The fourth-order valence-corrected chi connectivity index (χ4v) is 1.46. The summed E-state index contributed by atoms with van der Waals surface area (Å²) >= 11 is 0. The van der Waals surface area contributed by atoms with Gasteiger partial charge >= 0.3 is 5.97 Å². The van der Waals surface area contributed by atoms with Crippen LogP contribution in [0.2, 0.25) is 0 Å². The van der Waals surface area contributed by atoms with Crippen LogP contribution in [-0.4, -0.2) is 25.2 Å². The van der Waals surface area contributed by atoms with Crippen LogP contribution in [0.4, 0.5) is 0 Å². The van der Waals surface area contributed by atoms with Gasteiger partial charge in [0, 0.05) is 6.42 Å². The van der Waals surface area contributed by atoms with Gasteiger partial charge < -0.3 is 10.1 Å². The number of carbonyl (C=O) groups excluding carboxylic acids is 1. The summed E-state index contributed by atoms with van der Waals surface area (Å²) in [6, 6.07) is -0.157. The van der Waals surface area contributed by atoms with Crippen LogP contribution in [0.1, 0.15) is 46.0 Å². The molecule has 1 N–H and O–H groups in total. The topological polar surface area (TPSA) is 38.3 Å². The molecule has 0 spiro atoms. The Labute approximate surface area is 98.9 Å². The summed E-state index contributed by atoms with van der Waals surface area (Å²) in [4.78, 5) is 11.5. The van der Waals surface area contributed by atoms with E-state index in [-0.39, 0.29) is 12.0 Å². The molecule has 3 heteroatoms. The number of hydrogen-bond acceptors (Lipinski definition) is 3. The van der Waals surface area contributed by atoms with E-state index < -0.39 is 0 Å². The predicted molar refractivity (Wildman–Crippen MR) is 66.0 cm³/mol. The van der Waals surface area contributed by atoms with Gasteiger partial charge in [-0.1, -0.05) is 13.3 Å². The van der Waals surface area contributed by atoms with Crippen LogP contribution in [0, 0.1) is 12.3 Å². The maximum absolute atomic E-state index is 11.5. The van der Waals surface area contributed by atoms with Crippen molar-refractivity contribution in [2.75, 3.05) is 13.2 Å². The summed E-state index contributed by atoms with van der Waals surface area (Å²) < 4.78 is 5.00. The van der Waals surface area contributed by atoms with E-state index in [2.05, 4.69) is 18.2 Å². The number of hydrogen-bond donors (Lipinski definition) is 1. The average Bonchev–Trinajstić information content (AvgIpc) is 2.27. The minimum absolute atomic E-state index is 0.138. The first-order valence-corrected chi connectivity index (χ1v) is 6.09.